The Balaban J connectivity index is 1.77. The molecule has 0 fully saturated rings. The highest BCUT2D eigenvalue weighted by molar-refractivity contribution is 7.90. The summed E-state index contributed by atoms with van der Waals surface area (Å²) in [6.07, 6.45) is 1.39. The molecule has 0 radical (unpaired) electrons. The third kappa shape index (κ3) is 4.15. The average Bonchev–Trinajstić information content (AvgIpc) is 2.78. The maximum atomic E-state index is 12.9. The van der Waals surface area contributed by atoms with Gasteiger partial charge in [-0.25, -0.2) is 4.79 Å². The first-order valence-electron chi connectivity index (χ1n) is 9.21. The van der Waals surface area contributed by atoms with Gasteiger partial charge in [0.2, 0.25) is 5.78 Å². The van der Waals surface area contributed by atoms with Crippen LogP contribution in [-0.2, 0) is 10.0 Å². The van der Waals surface area contributed by atoms with Crippen molar-refractivity contribution in [3.63, 3.8) is 0 Å². The minimum Gasteiger partial charge on any atom is -0.478 e. The molecule has 7 nitrogen and oxygen atoms in total. The molecule has 0 unspecified atom stereocenters. The van der Waals surface area contributed by atoms with E-state index < -0.39 is 16.0 Å². The van der Waals surface area contributed by atoms with Gasteiger partial charge in [-0.05, 0) is 42.5 Å². The quantitative estimate of drug-likeness (QED) is 0.635. The van der Waals surface area contributed by atoms with Crippen LogP contribution in [0.4, 0.5) is 5.69 Å². The van der Waals surface area contributed by atoms with Crippen LogP contribution in [0.2, 0.25) is 0 Å². The lowest BCUT2D eigenvalue weighted by molar-refractivity contribution is 0.0696. The molecular formula is C23H16N2O5S. The van der Waals surface area contributed by atoms with E-state index in [0.717, 1.165) is 0 Å². The Morgan fingerprint density at radius 1 is 0.839 bits per heavy atom. The number of anilines is 1. The molecule has 2 N–H and O–H groups in total. The molecule has 8 heteroatoms. The van der Waals surface area contributed by atoms with Crippen molar-refractivity contribution in [3.05, 3.63) is 107 Å². The van der Waals surface area contributed by atoms with Crippen LogP contribution in [0.5, 0.6) is 0 Å². The predicted octanol–water partition coefficient (Wildman–Crippen LogP) is 3.76. The lowest BCUT2D eigenvalue weighted by Crippen LogP contribution is -2.22. The molecule has 0 amide bonds. The summed E-state index contributed by atoms with van der Waals surface area (Å²) in [6.45, 7) is 0. The molecule has 0 saturated heterocycles. The van der Waals surface area contributed by atoms with Gasteiger partial charge in [-0.2, -0.15) is 12.8 Å². The Morgan fingerprint density at radius 3 is 2.10 bits per heavy atom. The fourth-order valence-electron chi connectivity index (χ4n) is 3.12. The summed E-state index contributed by atoms with van der Waals surface area (Å²) in [4.78, 5) is 24.0. The summed E-state index contributed by atoms with van der Waals surface area (Å²) in [5.74, 6) is -1.39. The SMILES string of the molecule is O=C(O)c1ccc(NC2=C/C(=N\S(=O)(=O)c3ccccc3)c3ccccc3C2=O)cc1. The lowest BCUT2D eigenvalue weighted by atomic mass is 9.92. The number of rotatable bonds is 5. The monoisotopic (exact) mass is 432 g/mol. The number of nitrogens with one attached hydrogen (secondary N) is 1. The number of carboxylic acid groups (broad SMARTS) is 1. The Morgan fingerprint density at radius 2 is 1.45 bits per heavy atom. The molecule has 0 bridgehead atoms. The van der Waals surface area contributed by atoms with Crippen molar-refractivity contribution in [2.75, 3.05) is 5.32 Å². The Labute approximate surface area is 178 Å². The smallest absolute Gasteiger partial charge is 0.335 e. The van der Waals surface area contributed by atoms with Gasteiger partial charge < -0.3 is 10.4 Å². The predicted molar refractivity (Wildman–Crippen MR) is 116 cm³/mol. The second-order valence-electron chi connectivity index (χ2n) is 6.70. The number of Topliss-reactive ketones (excluding diaryl/α,β-unsaturated/α-hetero) is 1. The number of nitrogens with zero attached hydrogens (tertiary/aromatic N) is 1. The third-order valence-corrected chi connectivity index (χ3v) is 5.95. The fraction of sp³-hybridized carbons (Fsp3) is 0. The van der Waals surface area contributed by atoms with Crippen molar-refractivity contribution in [2.24, 2.45) is 4.40 Å². The van der Waals surface area contributed by atoms with Crippen molar-refractivity contribution in [1.29, 1.82) is 0 Å². The number of hydrogen-bond donors (Lipinski definition) is 2. The van der Waals surface area contributed by atoms with Gasteiger partial charge >= 0.3 is 5.97 Å². The number of fused-ring (bicyclic) bond motifs is 1. The van der Waals surface area contributed by atoms with E-state index in [-0.39, 0.29) is 27.7 Å². The minimum atomic E-state index is -3.99. The summed E-state index contributed by atoms with van der Waals surface area (Å²) >= 11 is 0. The molecule has 0 saturated carbocycles. The van der Waals surface area contributed by atoms with Crippen molar-refractivity contribution in [2.45, 2.75) is 4.90 Å². The summed E-state index contributed by atoms with van der Waals surface area (Å²) in [5, 5.41) is 12.0. The highest BCUT2D eigenvalue weighted by atomic mass is 32.2. The van der Waals surface area contributed by atoms with Crippen molar-refractivity contribution < 1.29 is 23.1 Å². The molecule has 3 aromatic rings. The fourth-order valence-corrected chi connectivity index (χ4v) is 4.14. The standard InChI is InChI=1S/C23H16N2O5S/c26-22-19-9-5-4-8-18(19)20(25-31(29,30)17-6-2-1-3-7-17)14-21(22)24-16-12-10-15(11-13-16)23(27)28/h1-14,24H,(H,27,28)/b25-20+. The maximum Gasteiger partial charge on any atom is 0.335 e. The maximum absolute atomic E-state index is 12.9. The van der Waals surface area contributed by atoms with Gasteiger partial charge in [0, 0.05) is 16.8 Å². The third-order valence-electron chi connectivity index (χ3n) is 4.64. The van der Waals surface area contributed by atoms with E-state index in [1.807, 2.05) is 0 Å². The van der Waals surface area contributed by atoms with E-state index in [0.29, 0.717) is 16.8 Å². The molecule has 0 spiro atoms. The lowest BCUT2D eigenvalue weighted by Gasteiger charge is -2.18. The van der Waals surface area contributed by atoms with Gasteiger partial charge in [0.05, 0.1) is 21.9 Å². The first-order valence-corrected chi connectivity index (χ1v) is 10.7. The van der Waals surface area contributed by atoms with E-state index >= 15 is 0 Å². The number of carbonyl (C=O) groups excluding carboxylic acids is 1. The van der Waals surface area contributed by atoms with Crippen LogP contribution in [0.1, 0.15) is 26.3 Å². The number of sulfonamides is 1. The normalized spacial score (nSPS) is 14.6. The summed E-state index contributed by atoms with van der Waals surface area (Å²) < 4.78 is 29.5. The number of allylic oxidation sites excluding steroid dienone is 2. The number of benzene rings is 3. The van der Waals surface area contributed by atoms with Crippen molar-refractivity contribution >= 4 is 33.2 Å². The van der Waals surface area contributed by atoms with E-state index in [1.165, 1.54) is 42.5 Å². The van der Waals surface area contributed by atoms with Crippen molar-refractivity contribution in [3.8, 4) is 0 Å². The van der Waals surface area contributed by atoms with Crippen LogP contribution >= 0.6 is 0 Å². The molecule has 1 aliphatic rings. The van der Waals surface area contributed by atoms with Gasteiger partial charge in [0.15, 0.2) is 0 Å². The van der Waals surface area contributed by atoms with E-state index in [4.69, 9.17) is 5.11 Å². The Bertz CT molecular complexity index is 1340. The van der Waals surface area contributed by atoms with Crippen LogP contribution in [-0.4, -0.2) is 31.0 Å². The van der Waals surface area contributed by atoms with Crippen LogP contribution < -0.4 is 5.32 Å². The van der Waals surface area contributed by atoms with Gasteiger partial charge in [0.25, 0.3) is 10.0 Å². The molecule has 4 rings (SSSR count). The second-order valence-corrected chi connectivity index (χ2v) is 8.31. The first-order chi connectivity index (χ1) is 14.8. The molecule has 3 aromatic carbocycles. The van der Waals surface area contributed by atoms with E-state index in [2.05, 4.69) is 9.71 Å². The molecule has 0 aliphatic heterocycles. The summed E-state index contributed by atoms with van der Waals surface area (Å²) in [5.41, 5.74) is 1.58. The number of carboxylic acids is 1. The molecule has 0 atom stereocenters. The molecule has 0 heterocycles. The Kier molecular flexibility index (Phi) is 5.22. The summed E-state index contributed by atoms with van der Waals surface area (Å²) in [7, 11) is -3.99. The molecule has 31 heavy (non-hydrogen) atoms. The van der Waals surface area contributed by atoms with Crippen LogP contribution in [0, 0.1) is 0 Å². The zero-order valence-corrected chi connectivity index (χ0v) is 16.8. The number of aromatic carboxylic acids is 1. The van der Waals surface area contributed by atoms with Gasteiger partial charge in [-0.1, -0.05) is 42.5 Å². The zero-order chi connectivity index (χ0) is 22.0. The van der Waals surface area contributed by atoms with Gasteiger partial charge in [-0.15, -0.1) is 0 Å². The van der Waals surface area contributed by atoms with Gasteiger partial charge in [0.1, 0.15) is 0 Å². The first kappa shape index (κ1) is 20.2. The van der Waals surface area contributed by atoms with Crippen LogP contribution in [0.25, 0.3) is 0 Å². The molecule has 0 aromatic heterocycles. The molecule has 1 aliphatic carbocycles. The molecular weight excluding hydrogens is 416 g/mol. The van der Waals surface area contributed by atoms with Gasteiger partial charge in [-0.3, -0.25) is 4.79 Å². The van der Waals surface area contributed by atoms with Crippen LogP contribution in [0.3, 0.4) is 0 Å². The van der Waals surface area contributed by atoms with Crippen molar-refractivity contribution in [1.82, 2.24) is 0 Å². The Hall–Kier alpha value is -4.04. The second kappa shape index (κ2) is 8.00. The largest absolute Gasteiger partial charge is 0.478 e. The highest BCUT2D eigenvalue weighted by Crippen LogP contribution is 2.25. The zero-order valence-electron chi connectivity index (χ0n) is 16.0. The minimum absolute atomic E-state index is 0.0454. The number of ketones is 1. The van der Waals surface area contributed by atoms with E-state index in [1.54, 1.807) is 42.5 Å². The number of hydrogen-bond acceptors (Lipinski definition) is 5. The van der Waals surface area contributed by atoms with E-state index in [9.17, 15) is 18.0 Å². The number of carbonyl (C=O) groups is 2. The average molecular weight is 432 g/mol. The highest BCUT2D eigenvalue weighted by Gasteiger charge is 2.26. The molecule has 154 valence electrons. The van der Waals surface area contributed by atoms with Crippen LogP contribution in [0.15, 0.2) is 99.9 Å². The topological polar surface area (TPSA) is 113 Å². The summed E-state index contributed by atoms with van der Waals surface area (Å²) in [6, 6.07) is 20.3.